The van der Waals surface area contributed by atoms with Gasteiger partial charge in [0, 0.05) is 6.07 Å². The van der Waals surface area contributed by atoms with Gasteiger partial charge in [-0.15, -0.1) is 0 Å². The first-order valence-corrected chi connectivity index (χ1v) is 10.5. The van der Waals surface area contributed by atoms with Crippen molar-refractivity contribution in [2.45, 2.75) is 26.3 Å². The number of nitrogens with zero attached hydrogens (tertiary/aromatic N) is 4. The normalized spacial score (nSPS) is 11.1. The van der Waals surface area contributed by atoms with Gasteiger partial charge in [0.1, 0.15) is 29.8 Å². The first-order chi connectivity index (χ1) is 15.9. The number of ether oxygens (including phenoxy) is 2. The van der Waals surface area contributed by atoms with E-state index >= 15 is 0 Å². The second-order valence-corrected chi connectivity index (χ2v) is 7.83. The summed E-state index contributed by atoms with van der Waals surface area (Å²) in [7, 11) is 3.05. The molecule has 0 unspecified atom stereocenters. The van der Waals surface area contributed by atoms with Crippen LogP contribution in [-0.2, 0) is 11.3 Å². The molecule has 0 atom stereocenters. The lowest BCUT2D eigenvalue weighted by atomic mass is 10.0. The van der Waals surface area contributed by atoms with Crippen molar-refractivity contribution in [2.75, 3.05) is 19.5 Å². The highest BCUT2D eigenvalue weighted by atomic mass is 16.5. The van der Waals surface area contributed by atoms with Crippen LogP contribution in [0.15, 0.2) is 59.8 Å². The van der Waals surface area contributed by atoms with Crippen molar-refractivity contribution in [3.8, 4) is 17.2 Å². The van der Waals surface area contributed by atoms with Crippen LogP contribution in [0.3, 0.4) is 0 Å². The Labute approximate surface area is 190 Å². The Hall–Kier alpha value is -4.14. The standard InChI is InChI=1S/C24H25N5O4/c1-15(2)16-5-7-17(8-6-16)29-23-19(12-26-29)24(31)28(14-25-23)13-22(30)27-20-10-9-18(32-3)11-21(20)33-4/h5-12,14-15H,13H2,1-4H3,(H,27,30). The summed E-state index contributed by atoms with van der Waals surface area (Å²) < 4.78 is 13.3. The predicted molar refractivity (Wildman–Crippen MR) is 125 cm³/mol. The lowest BCUT2D eigenvalue weighted by Crippen LogP contribution is -2.28. The molecule has 2 aromatic carbocycles. The van der Waals surface area contributed by atoms with Crippen LogP contribution in [0.1, 0.15) is 25.3 Å². The quantitative estimate of drug-likeness (QED) is 0.466. The molecule has 0 spiro atoms. The maximum Gasteiger partial charge on any atom is 0.264 e. The van der Waals surface area contributed by atoms with E-state index < -0.39 is 5.91 Å². The van der Waals surface area contributed by atoms with Gasteiger partial charge in [-0.25, -0.2) is 9.67 Å². The minimum absolute atomic E-state index is 0.203. The number of benzene rings is 2. The number of aromatic nitrogens is 4. The summed E-state index contributed by atoms with van der Waals surface area (Å²) in [4.78, 5) is 30.0. The van der Waals surface area contributed by atoms with E-state index in [0.717, 1.165) is 5.69 Å². The number of carbonyl (C=O) groups excluding carboxylic acids is 1. The average Bonchev–Trinajstić information content (AvgIpc) is 3.26. The molecule has 0 fully saturated rings. The summed E-state index contributed by atoms with van der Waals surface area (Å²) in [5.74, 6) is 1.08. The van der Waals surface area contributed by atoms with Crippen LogP contribution in [0.2, 0.25) is 0 Å². The Bertz CT molecular complexity index is 1360. The molecule has 0 radical (unpaired) electrons. The van der Waals surface area contributed by atoms with E-state index in [2.05, 4.69) is 29.2 Å². The topological polar surface area (TPSA) is 100 Å². The molecule has 0 aliphatic rings. The molecule has 33 heavy (non-hydrogen) atoms. The van der Waals surface area contributed by atoms with Gasteiger partial charge in [0.2, 0.25) is 5.91 Å². The number of methoxy groups -OCH3 is 2. The van der Waals surface area contributed by atoms with Crippen molar-refractivity contribution in [1.82, 2.24) is 19.3 Å². The number of rotatable bonds is 7. The highest BCUT2D eigenvalue weighted by Gasteiger charge is 2.15. The molecule has 4 aromatic rings. The van der Waals surface area contributed by atoms with Gasteiger partial charge in [0.15, 0.2) is 5.65 Å². The minimum atomic E-state index is -0.390. The summed E-state index contributed by atoms with van der Waals surface area (Å²) in [6.07, 6.45) is 2.83. The molecule has 9 nitrogen and oxygen atoms in total. The zero-order valence-electron chi connectivity index (χ0n) is 18.9. The fourth-order valence-corrected chi connectivity index (χ4v) is 3.50. The number of anilines is 1. The molecule has 2 heterocycles. The van der Waals surface area contributed by atoms with Crippen molar-refractivity contribution in [3.63, 3.8) is 0 Å². The molecule has 0 saturated carbocycles. The van der Waals surface area contributed by atoms with Crippen LogP contribution in [-0.4, -0.2) is 39.5 Å². The fourth-order valence-electron chi connectivity index (χ4n) is 3.50. The monoisotopic (exact) mass is 447 g/mol. The highest BCUT2D eigenvalue weighted by molar-refractivity contribution is 5.92. The van der Waals surface area contributed by atoms with E-state index in [-0.39, 0.29) is 12.1 Å². The smallest absolute Gasteiger partial charge is 0.264 e. The average molecular weight is 447 g/mol. The van der Waals surface area contributed by atoms with Crippen molar-refractivity contribution in [2.24, 2.45) is 0 Å². The highest BCUT2D eigenvalue weighted by Crippen LogP contribution is 2.29. The van der Waals surface area contributed by atoms with E-state index in [4.69, 9.17) is 9.47 Å². The predicted octanol–water partition coefficient (Wildman–Crippen LogP) is 3.36. The largest absolute Gasteiger partial charge is 0.497 e. The van der Waals surface area contributed by atoms with Crippen LogP contribution in [0.4, 0.5) is 5.69 Å². The number of carbonyl (C=O) groups is 1. The lowest BCUT2D eigenvalue weighted by molar-refractivity contribution is -0.116. The van der Waals surface area contributed by atoms with Crippen molar-refractivity contribution in [1.29, 1.82) is 0 Å². The second-order valence-electron chi connectivity index (χ2n) is 7.83. The summed E-state index contributed by atoms with van der Waals surface area (Å²) in [5.41, 5.74) is 2.59. The number of hydrogen-bond acceptors (Lipinski definition) is 6. The third kappa shape index (κ3) is 4.43. The third-order valence-electron chi connectivity index (χ3n) is 5.36. The Morgan fingerprint density at radius 3 is 2.52 bits per heavy atom. The van der Waals surface area contributed by atoms with Gasteiger partial charge in [-0.3, -0.25) is 14.2 Å². The first-order valence-electron chi connectivity index (χ1n) is 10.5. The van der Waals surface area contributed by atoms with Crippen LogP contribution in [0.5, 0.6) is 11.5 Å². The summed E-state index contributed by atoms with van der Waals surface area (Å²) in [6.45, 7) is 4.05. The Morgan fingerprint density at radius 2 is 1.85 bits per heavy atom. The van der Waals surface area contributed by atoms with E-state index in [1.54, 1.807) is 30.0 Å². The summed E-state index contributed by atoms with van der Waals surface area (Å²) in [6, 6.07) is 13.0. The lowest BCUT2D eigenvalue weighted by Gasteiger charge is -2.12. The molecule has 4 rings (SSSR count). The Morgan fingerprint density at radius 1 is 1.09 bits per heavy atom. The van der Waals surface area contributed by atoms with Gasteiger partial charge >= 0.3 is 0 Å². The van der Waals surface area contributed by atoms with Gasteiger partial charge in [0.05, 0.1) is 31.8 Å². The van der Waals surface area contributed by atoms with Gasteiger partial charge in [-0.05, 0) is 35.7 Å². The van der Waals surface area contributed by atoms with E-state index in [0.29, 0.717) is 34.1 Å². The van der Waals surface area contributed by atoms with Crippen molar-refractivity contribution >= 4 is 22.6 Å². The molecule has 1 amide bonds. The minimum Gasteiger partial charge on any atom is -0.497 e. The summed E-state index contributed by atoms with van der Waals surface area (Å²) in [5, 5.41) is 7.43. The van der Waals surface area contributed by atoms with Gasteiger partial charge < -0.3 is 14.8 Å². The van der Waals surface area contributed by atoms with Crippen LogP contribution in [0, 0.1) is 0 Å². The van der Waals surface area contributed by atoms with Crippen molar-refractivity contribution in [3.05, 3.63) is 70.9 Å². The molecule has 170 valence electrons. The number of nitrogens with one attached hydrogen (secondary N) is 1. The molecular formula is C24H25N5O4. The maximum absolute atomic E-state index is 13.0. The first kappa shape index (κ1) is 22.1. The summed E-state index contributed by atoms with van der Waals surface area (Å²) >= 11 is 0. The molecular weight excluding hydrogens is 422 g/mol. The Kier molecular flexibility index (Phi) is 6.12. The van der Waals surface area contributed by atoms with Crippen LogP contribution in [0.25, 0.3) is 16.7 Å². The molecule has 1 N–H and O–H groups in total. The third-order valence-corrected chi connectivity index (χ3v) is 5.36. The van der Waals surface area contributed by atoms with Gasteiger partial charge in [-0.2, -0.15) is 5.10 Å². The second kappa shape index (κ2) is 9.15. The fraction of sp³-hybridized carbons (Fsp3) is 0.250. The zero-order valence-corrected chi connectivity index (χ0v) is 18.9. The van der Waals surface area contributed by atoms with Gasteiger partial charge in [-0.1, -0.05) is 26.0 Å². The van der Waals surface area contributed by atoms with Crippen molar-refractivity contribution < 1.29 is 14.3 Å². The molecule has 0 aliphatic heterocycles. The van der Waals surface area contributed by atoms with Crippen LogP contribution < -0.4 is 20.3 Å². The molecule has 0 bridgehead atoms. The molecule has 9 heteroatoms. The maximum atomic E-state index is 13.0. The van der Waals surface area contributed by atoms with E-state index in [9.17, 15) is 9.59 Å². The Balaban J connectivity index is 1.57. The molecule has 0 aliphatic carbocycles. The molecule has 2 aromatic heterocycles. The van der Waals surface area contributed by atoms with Gasteiger partial charge in [0.25, 0.3) is 5.56 Å². The molecule has 0 saturated heterocycles. The number of hydrogen-bond donors (Lipinski definition) is 1. The van der Waals surface area contributed by atoms with E-state index in [1.807, 2.05) is 24.3 Å². The SMILES string of the molecule is COc1ccc(NC(=O)Cn2cnc3c(cnn3-c3ccc(C(C)C)cc3)c2=O)c(OC)c1. The van der Waals surface area contributed by atoms with Crippen LogP contribution >= 0.6 is 0 Å². The number of fused-ring (bicyclic) bond motifs is 1. The zero-order chi connectivity index (χ0) is 23.5. The van der Waals surface area contributed by atoms with E-state index in [1.165, 1.54) is 29.8 Å². The number of amides is 1.